The molecule has 1 atom stereocenters. The zero-order valence-corrected chi connectivity index (χ0v) is 10.8. The van der Waals surface area contributed by atoms with Crippen LogP contribution in [0.3, 0.4) is 0 Å². The molecule has 0 aromatic carbocycles. The second-order valence-corrected chi connectivity index (χ2v) is 5.22. The summed E-state index contributed by atoms with van der Waals surface area (Å²) >= 11 is 1.74. The maximum absolute atomic E-state index is 11.7. The molecule has 1 unspecified atom stereocenters. The first-order valence-corrected chi connectivity index (χ1v) is 6.48. The van der Waals surface area contributed by atoms with Gasteiger partial charge in [0.15, 0.2) is 0 Å². The summed E-state index contributed by atoms with van der Waals surface area (Å²) in [5.41, 5.74) is 5.50. The lowest BCUT2D eigenvalue weighted by molar-refractivity contribution is -0.130. The summed E-state index contributed by atoms with van der Waals surface area (Å²) in [6.45, 7) is 3.37. The van der Waals surface area contributed by atoms with Gasteiger partial charge in [0.05, 0.1) is 0 Å². The van der Waals surface area contributed by atoms with E-state index in [2.05, 4.69) is 11.4 Å². The molecule has 0 spiro atoms. The molecule has 90 valence electrons. The molecule has 4 heteroatoms. The Balaban J connectivity index is 2.29. The van der Waals surface area contributed by atoms with Gasteiger partial charge in [0.1, 0.15) is 0 Å². The second kappa shape index (κ2) is 6.66. The third-order valence-electron chi connectivity index (χ3n) is 2.62. The second-order valence-electron chi connectivity index (χ2n) is 4.19. The predicted molar refractivity (Wildman–Crippen MR) is 68.5 cm³/mol. The molecule has 3 nitrogen and oxygen atoms in total. The number of thiophene rings is 1. The van der Waals surface area contributed by atoms with Gasteiger partial charge < -0.3 is 10.6 Å². The van der Waals surface area contributed by atoms with Gasteiger partial charge in [-0.05, 0) is 30.3 Å². The molecule has 0 aliphatic carbocycles. The van der Waals surface area contributed by atoms with Crippen molar-refractivity contribution in [2.24, 2.45) is 11.7 Å². The van der Waals surface area contributed by atoms with Crippen LogP contribution in [0.15, 0.2) is 17.5 Å². The van der Waals surface area contributed by atoms with E-state index >= 15 is 0 Å². The monoisotopic (exact) mass is 240 g/mol. The fourth-order valence-corrected chi connectivity index (χ4v) is 2.09. The molecule has 0 saturated heterocycles. The maximum atomic E-state index is 11.7. The predicted octanol–water partition coefficient (Wildman–Crippen LogP) is 1.73. The quantitative estimate of drug-likeness (QED) is 0.823. The molecule has 1 heterocycles. The Morgan fingerprint density at radius 3 is 2.94 bits per heavy atom. The minimum absolute atomic E-state index is 0.189. The summed E-state index contributed by atoms with van der Waals surface area (Å²) < 4.78 is 0. The van der Waals surface area contributed by atoms with Crippen molar-refractivity contribution in [3.63, 3.8) is 0 Å². The number of likely N-dealkylation sites (N-methyl/N-ethyl adjacent to an activating group) is 1. The van der Waals surface area contributed by atoms with Crippen LogP contribution < -0.4 is 5.73 Å². The Morgan fingerprint density at radius 1 is 1.62 bits per heavy atom. The first-order valence-electron chi connectivity index (χ1n) is 5.60. The van der Waals surface area contributed by atoms with Crippen molar-refractivity contribution in [2.75, 3.05) is 20.1 Å². The van der Waals surface area contributed by atoms with Gasteiger partial charge in [0, 0.05) is 24.9 Å². The van der Waals surface area contributed by atoms with Gasteiger partial charge in [-0.1, -0.05) is 13.0 Å². The molecule has 0 bridgehead atoms. The molecule has 0 aliphatic rings. The highest BCUT2D eigenvalue weighted by atomic mass is 32.1. The molecule has 1 aromatic rings. The van der Waals surface area contributed by atoms with Gasteiger partial charge in [0.2, 0.25) is 5.91 Å². The number of hydrogen-bond donors (Lipinski definition) is 1. The molecular weight excluding hydrogens is 220 g/mol. The largest absolute Gasteiger partial charge is 0.345 e. The highest BCUT2D eigenvalue weighted by Gasteiger charge is 2.12. The molecule has 0 aliphatic heterocycles. The minimum atomic E-state index is 0.189. The Kier molecular flexibility index (Phi) is 5.49. The number of hydrogen-bond acceptors (Lipinski definition) is 3. The van der Waals surface area contributed by atoms with E-state index in [1.165, 1.54) is 4.88 Å². The lowest BCUT2D eigenvalue weighted by Gasteiger charge is -2.18. The highest BCUT2D eigenvalue weighted by molar-refractivity contribution is 7.09. The zero-order valence-electron chi connectivity index (χ0n) is 9.98. The Bertz CT molecular complexity index is 311. The molecule has 0 fully saturated rings. The number of carbonyl (C=O) groups is 1. The van der Waals surface area contributed by atoms with E-state index in [-0.39, 0.29) is 11.8 Å². The number of nitrogens with two attached hydrogens (primary N) is 1. The van der Waals surface area contributed by atoms with Crippen LogP contribution in [0.1, 0.15) is 18.2 Å². The summed E-state index contributed by atoms with van der Waals surface area (Å²) in [5.74, 6) is 0.464. The third-order valence-corrected chi connectivity index (χ3v) is 3.56. The van der Waals surface area contributed by atoms with Gasteiger partial charge in [-0.15, -0.1) is 11.3 Å². The summed E-state index contributed by atoms with van der Waals surface area (Å²) in [5, 5.41) is 2.06. The molecule has 1 amide bonds. The lowest BCUT2D eigenvalue weighted by Crippen LogP contribution is -2.31. The smallest absolute Gasteiger partial charge is 0.222 e. The van der Waals surface area contributed by atoms with Crippen LogP contribution in [0.5, 0.6) is 0 Å². The van der Waals surface area contributed by atoms with Gasteiger partial charge in [-0.25, -0.2) is 0 Å². The van der Waals surface area contributed by atoms with Crippen molar-refractivity contribution in [1.29, 1.82) is 0 Å². The Morgan fingerprint density at radius 2 is 2.38 bits per heavy atom. The van der Waals surface area contributed by atoms with Gasteiger partial charge in [-0.2, -0.15) is 0 Å². The van der Waals surface area contributed by atoms with Crippen molar-refractivity contribution in [1.82, 2.24) is 4.90 Å². The van der Waals surface area contributed by atoms with E-state index in [4.69, 9.17) is 5.73 Å². The topological polar surface area (TPSA) is 46.3 Å². The summed E-state index contributed by atoms with van der Waals surface area (Å²) in [6, 6.07) is 4.14. The summed E-state index contributed by atoms with van der Waals surface area (Å²) in [7, 11) is 1.86. The standard InChI is InChI=1S/C12H20N2OS/c1-10(9-13)8-12(15)14(2)6-5-11-4-3-7-16-11/h3-4,7,10H,5-6,8-9,13H2,1-2H3. The molecule has 16 heavy (non-hydrogen) atoms. The third kappa shape index (κ3) is 4.33. The Hall–Kier alpha value is -0.870. The van der Waals surface area contributed by atoms with E-state index in [0.29, 0.717) is 13.0 Å². The normalized spacial score (nSPS) is 12.4. The molecule has 1 rings (SSSR count). The first kappa shape index (κ1) is 13.2. The van der Waals surface area contributed by atoms with Crippen molar-refractivity contribution < 1.29 is 4.79 Å². The zero-order chi connectivity index (χ0) is 12.0. The fraction of sp³-hybridized carbons (Fsp3) is 0.583. The number of carbonyl (C=O) groups excluding carboxylic acids is 1. The van der Waals surface area contributed by atoms with Crippen LogP contribution >= 0.6 is 11.3 Å². The fourth-order valence-electron chi connectivity index (χ4n) is 1.39. The lowest BCUT2D eigenvalue weighted by atomic mass is 10.1. The Labute approximate surface area is 101 Å². The molecule has 2 N–H and O–H groups in total. The summed E-state index contributed by atoms with van der Waals surface area (Å²) in [4.78, 5) is 14.9. The first-order chi connectivity index (χ1) is 7.63. The van der Waals surface area contributed by atoms with E-state index in [9.17, 15) is 4.79 Å². The number of amides is 1. The van der Waals surface area contributed by atoms with Crippen LogP contribution in [-0.2, 0) is 11.2 Å². The van der Waals surface area contributed by atoms with Crippen molar-refractivity contribution >= 4 is 17.2 Å². The van der Waals surface area contributed by atoms with E-state index in [1.54, 1.807) is 16.2 Å². The summed E-state index contributed by atoms with van der Waals surface area (Å²) in [6.07, 6.45) is 1.49. The average Bonchev–Trinajstić information content (AvgIpc) is 2.78. The number of rotatable bonds is 6. The van der Waals surface area contributed by atoms with Gasteiger partial charge in [-0.3, -0.25) is 4.79 Å². The van der Waals surface area contributed by atoms with Crippen molar-refractivity contribution in [2.45, 2.75) is 19.8 Å². The molecular formula is C12H20N2OS. The SMILES string of the molecule is CC(CN)CC(=O)N(C)CCc1cccs1. The van der Waals surface area contributed by atoms with E-state index in [0.717, 1.165) is 13.0 Å². The number of nitrogens with zero attached hydrogens (tertiary/aromatic N) is 1. The van der Waals surface area contributed by atoms with Gasteiger partial charge in [0.25, 0.3) is 0 Å². The molecule has 0 radical (unpaired) electrons. The maximum Gasteiger partial charge on any atom is 0.222 e. The minimum Gasteiger partial charge on any atom is -0.345 e. The van der Waals surface area contributed by atoms with Crippen LogP contribution in [0, 0.1) is 5.92 Å². The van der Waals surface area contributed by atoms with Crippen molar-refractivity contribution in [3.05, 3.63) is 22.4 Å². The highest BCUT2D eigenvalue weighted by Crippen LogP contribution is 2.10. The molecule has 0 saturated carbocycles. The van der Waals surface area contributed by atoms with Crippen LogP contribution in [0.4, 0.5) is 0 Å². The van der Waals surface area contributed by atoms with Crippen LogP contribution in [-0.4, -0.2) is 30.9 Å². The van der Waals surface area contributed by atoms with Crippen LogP contribution in [0.2, 0.25) is 0 Å². The van der Waals surface area contributed by atoms with Gasteiger partial charge >= 0.3 is 0 Å². The average molecular weight is 240 g/mol. The van der Waals surface area contributed by atoms with E-state index in [1.807, 2.05) is 20.0 Å². The van der Waals surface area contributed by atoms with Crippen molar-refractivity contribution in [3.8, 4) is 0 Å². The van der Waals surface area contributed by atoms with Crippen LogP contribution in [0.25, 0.3) is 0 Å². The van der Waals surface area contributed by atoms with E-state index < -0.39 is 0 Å². The molecule has 1 aromatic heterocycles.